The number of sulfone groups is 1. The van der Waals surface area contributed by atoms with Gasteiger partial charge in [0.05, 0.1) is 12.3 Å². The molecule has 1 aliphatic rings. The summed E-state index contributed by atoms with van der Waals surface area (Å²) in [7, 11) is -3.06. The van der Waals surface area contributed by atoms with Gasteiger partial charge in [-0.1, -0.05) is 28.9 Å². The van der Waals surface area contributed by atoms with Gasteiger partial charge < -0.3 is 10.2 Å². The first-order valence-corrected chi connectivity index (χ1v) is 8.56. The molecule has 0 saturated carbocycles. The summed E-state index contributed by atoms with van der Waals surface area (Å²) in [6, 6.07) is -0.578. The largest absolute Gasteiger partial charge is 0.335 e. The van der Waals surface area contributed by atoms with E-state index in [-0.39, 0.29) is 23.6 Å². The molecule has 5 nitrogen and oxygen atoms in total. The highest BCUT2D eigenvalue weighted by Gasteiger charge is 2.20. The topological polar surface area (TPSA) is 66.5 Å². The number of nitrogens with zero attached hydrogens (tertiary/aromatic N) is 1. The van der Waals surface area contributed by atoms with Gasteiger partial charge in [-0.05, 0) is 13.3 Å². The Hall–Kier alpha value is -0.560. The van der Waals surface area contributed by atoms with Gasteiger partial charge in [-0.2, -0.15) is 0 Å². The predicted octanol–water partition coefficient (Wildman–Crippen LogP) is 1.50. The van der Waals surface area contributed by atoms with Gasteiger partial charge in [0.25, 0.3) is 0 Å². The van der Waals surface area contributed by atoms with Crippen molar-refractivity contribution in [2.45, 2.75) is 26.3 Å². The van der Waals surface area contributed by atoms with E-state index in [9.17, 15) is 13.2 Å². The molecule has 104 valence electrons. The monoisotopic (exact) mass is 338 g/mol. The molecular formula is C11H19BrN2O3S. The normalized spacial score (nSPS) is 18.2. The zero-order chi connectivity index (χ0) is 13.8. The van der Waals surface area contributed by atoms with Crippen molar-refractivity contribution in [2.24, 2.45) is 0 Å². The van der Waals surface area contributed by atoms with Crippen LogP contribution in [0.1, 0.15) is 20.3 Å². The van der Waals surface area contributed by atoms with Gasteiger partial charge in [-0.15, -0.1) is 0 Å². The van der Waals surface area contributed by atoms with Crippen molar-refractivity contribution in [3.05, 3.63) is 10.6 Å². The fourth-order valence-electron chi connectivity index (χ4n) is 1.72. The maximum Gasteiger partial charge on any atom is 0.317 e. The number of amides is 2. The smallest absolute Gasteiger partial charge is 0.317 e. The van der Waals surface area contributed by atoms with E-state index in [1.807, 2.05) is 6.08 Å². The molecule has 1 atom stereocenters. The first-order chi connectivity index (χ1) is 8.34. The molecule has 0 aromatic carbocycles. The summed E-state index contributed by atoms with van der Waals surface area (Å²) < 4.78 is 23.9. The summed E-state index contributed by atoms with van der Waals surface area (Å²) in [5.41, 5.74) is 0. The molecule has 0 aromatic heterocycles. The summed E-state index contributed by atoms with van der Waals surface area (Å²) in [5.74, 6) is 0.0886. The summed E-state index contributed by atoms with van der Waals surface area (Å²) in [6.07, 6.45) is 2.85. The Bertz CT molecular complexity index is 434. The summed E-state index contributed by atoms with van der Waals surface area (Å²) in [4.78, 5) is 13.6. The van der Waals surface area contributed by atoms with Crippen molar-refractivity contribution < 1.29 is 13.2 Å². The lowest BCUT2D eigenvalue weighted by atomic mass is 10.2. The Morgan fingerprint density at radius 3 is 2.83 bits per heavy atom. The van der Waals surface area contributed by atoms with Gasteiger partial charge in [0, 0.05) is 22.8 Å². The van der Waals surface area contributed by atoms with Crippen LogP contribution in [0.2, 0.25) is 0 Å². The summed E-state index contributed by atoms with van der Waals surface area (Å²) >= 11 is 3.37. The molecule has 1 rings (SSSR count). The zero-order valence-electron chi connectivity index (χ0n) is 10.6. The van der Waals surface area contributed by atoms with Crippen LogP contribution in [0.5, 0.6) is 0 Å². The number of carbonyl (C=O) groups excluding carboxylic acids is 1. The number of halogens is 1. The van der Waals surface area contributed by atoms with E-state index in [0.717, 1.165) is 10.9 Å². The number of carbonyl (C=O) groups is 1. The number of hydrogen-bond acceptors (Lipinski definition) is 3. The van der Waals surface area contributed by atoms with E-state index in [4.69, 9.17) is 0 Å². The van der Waals surface area contributed by atoms with Crippen LogP contribution >= 0.6 is 15.9 Å². The standard InChI is InChI=1S/C11H19BrN2O3S/c1-3-18(16,17)8-9(2)13-11(15)14-6-4-5-10(12)7-14/h5,9H,3-4,6-8H2,1-2H3,(H,13,15). The van der Waals surface area contributed by atoms with Crippen LogP contribution in [-0.2, 0) is 9.84 Å². The van der Waals surface area contributed by atoms with Crippen LogP contribution in [0.4, 0.5) is 4.79 Å². The second-order valence-electron chi connectivity index (χ2n) is 4.41. The van der Waals surface area contributed by atoms with E-state index in [0.29, 0.717) is 13.1 Å². The summed E-state index contributed by atoms with van der Waals surface area (Å²) in [5, 5.41) is 2.72. The van der Waals surface area contributed by atoms with E-state index in [1.165, 1.54) is 0 Å². The summed E-state index contributed by atoms with van der Waals surface area (Å²) in [6.45, 7) is 4.52. The third kappa shape index (κ3) is 4.97. The molecular weight excluding hydrogens is 320 g/mol. The number of urea groups is 1. The molecule has 0 aliphatic carbocycles. The quantitative estimate of drug-likeness (QED) is 0.844. The Labute approximate surface area is 117 Å². The van der Waals surface area contributed by atoms with Gasteiger partial charge in [0.15, 0.2) is 9.84 Å². The molecule has 2 amide bonds. The molecule has 7 heteroatoms. The maximum atomic E-state index is 11.9. The minimum absolute atomic E-state index is 0.0138. The van der Waals surface area contributed by atoms with Crippen LogP contribution < -0.4 is 5.32 Å². The molecule has 18 heavy (non-hydrogen) atoms. The average Bonchev–Trinajstić information content (AvgIpc) is 2.28. The fourth-order valence-corrected chi connectivity index (χ4v) is 3.33. The lowest BCUT2D eigenvalue weighted by Gasteiger charge is -2.27. The van der Waals surface area contributed by atoms with Gasteiger partial charge in [-0.25, -0.2) is 13.2 Å². The third-order valence-electron chi connectivity index (χ3n) is 2.71. The van der Waals surface area contributed by atoms with Gasteiger partial charge in [0.2, 0.25) is 0 Å². The first-order valence-electron chi connectivity index (χ1n) is 5.94. The second kappa shape index (κ2) is 6.56. The van der Waals surface area contributed by atoms with Crippen molar-refractivity contribution in [2.75, 3.05) is 24.6 Å². The lowest BCUT2D eigenvalue weighted by Crippen LogP contribution is -2.47. The minimum Gasteiger partial charge on any atom is -0.335 e. The second-order valence-corrected chi connectivity index (χ2v) is 7.83. The van der Waals surface area contributed by atoms with Crippen molar-refractivity contribution >= 4 is 31.8 Å². The minimum atomic E-state index is -3.06. The predicted molar refractivity (Wildman–Crippen MR) is 75.5 cm³/mol. The van der Waals surface area contributed by atoms with Gasteiger partial charge >= 0.3 is 6.03 Å². The SMILES string of the molecule is CCS(=O)(=O)CC(C)NC(=O)N1CCC=C(Br)C1. The fraction of sp³-hybridized carbons (Fsp3) is 0.727. The molecule has 0 spiro atoms. The first kappa shape index (κ1) is 15.5. The highest BCUT2D eigenvalue weighted by molar-refractivity contribution is 9.11. The van der Waals surface area contributed by atoms with Crippen LogP contribution in [0.3, 0.4) is 0 Å². The molecule has 0 saturated heterocycles. The van der Waals surface area contributed by atoms with E-state index in [1.54, 1.807) is 18.7 Å². The highest BCUT2D eigenvalue weighted by Crippen LogP contribution is 2.14. The van der Waals surface area contributed by atoms with Crippen molar-refractivity contribution in [3.63, 3.8) is 0 Å². The maximum absolute atomic E-state index is 11.9. The molecule has 1 aliphatic heterocycles. The Balaban J connectivity index is 2.47. The van der Waals surface area contributed by atoms with E-state index >= 15 is 0 Å². The van der Waals surface area contributed by atoms with Gasteiger partial charge in [0.1, 0.15) is 0 Å². The molecule has 1 N–H and O–H groups in total. The molecule has 1 unspecified atom stereocenters. The molecule has 0 fully saturated rings. The zero-order valence-corrected chi connectivity index (χ0v) is 13.1. The lowest BCUT2D eigenvalue weighted by molar-refractivity contribution is 0.199. The molecule has 0 aromatic rings. The van der Waals surface area contributed by atoms with Gasteiger partial charge in [-0.3, -0.25) is 0 Å². The number of rotatable bonds is 4. The molecule has 0 bridgehead atoms. The van der Waals surface area contributed by atoms with E-state index < -0.39 is 9.84 Å². The molecule has 0 radical (unpaired) electrons. The van der Waals surface area contributed by atoms with Crippen LogP contribution in [0.25, 0.3) is 0 Å². The van der Waals surface area contributed by atoms with E-state index in [2.05, 4.69) is 21.2 Å². The molecule has 1 heterocycles. The number of hydrogen-bond donors (Lipinski definition) is 1. The van der Waals surface area contributed by atoms with Crippen molar-refractivity contribution in [1.29, 1.82) is 0 Å². The third-order valence-corrected chi connectivity index (χ3v) is 5.17. The Kier molecular flexibility index (Phi) is 5.65. The van der Waals surface area contributed by atoms with Crippen LogP contribution in [0.15, 0.2) is 10.6 Å². The van der Waals surface area contributed by atoms with Crippen molar-refractivity contribution in [3.8, 4) is 0 Å². The highest BCUT2D eigenvalue weighted by atomic mass is 79.9. The number of nitrogens with one attached hydrogen (secondary N) is 1. The Morgan fingerprint density at radius 1 is 1.61 bits per heavy atom. The van der Waals surface area contributed by atoms with Crippen LogP contribution in [-0.4, -0.2) is 50.0 Å². The Morgan fingerprint density at radius 2 is 2.28 bits per heavy atom. The van der Waals surface area contributed by atoms with Crippen LogP contribution in [0, 0.1) is 0 Å². The van der Waals surface area contributed by atoms with Crippen molar-refractivity contribution in [1.82, 2.24) is 10.2 Å². The average molecular weight is 339 g/mol.